The topological polar surface area (TPSA) is 40.7 Å². The first kappa shape index (κ1) is 9.56. The molecule has 1 fully saturated rings. The number of nitrogens with zero attached hydrogens (tertiary/aromatic N) is 1. The number of hydrogen-bond acceptors (Lipinski definition) is 2. The molecular formula is C11H19N3. The first-order chi connectivity index (χ1) is 6.84. The summed E-state index contributed by atoms with van der Waals surface area (Å²) in [4.78, 5) is 7.04. The molecule has 1 aromatic heterocycles. The summed E-state index contributed by atoms with van der Waals surface area (Å²) in [5.41, 5.74) is 0. The Morgan fingerprint density at radius 2 is 2.21 bits per heavy atom. The molecule has 0 amide bonds. The van der Waals surface area contributed by atoms with Crippen LogP contribution in [0.15, 0.2) is 12.5 Å². The maximum Gasteiger partial charge on any atom is 0.123 e. The second-order valence-electron chi connectivity index (χ2n) is 4.47. The van der Waals surface area contributed by atoms with E-state index >= 15 is 0 Å². The van der Waals surface area contributed by atoms with E-state index in [1.54, 1.807) is 6.33 Å². The fourth-order valence-electron chi connectivity index (χ4n) is 2.14. The molecule has 0 saturated heterocycles. The average molecular weight is 193 g/mol. The van der Waals surface area contributed by atoms with Gasteiger partial charge < -0.3 is 10.3 Å². The Morgan fingerprint density at radius 1 is 1.43 bits per heavy atom. The van der Waals surface area contributed by atoms with Gasteiger partial charge in [0.05, 0.1) is 12.5 Å². The highest BCUT2D eigenvalue weighted by Gasteiger charge is 2.17. The molecule has 78 valence electrons. The summed E-state index contributed by atoms with van der Waals surface area (Å²) in [5.74, 6) is 2.84. The van der Waals surface area contributed by atoms with Crippen LogP contribution in [0.1, 0.15) is 32.6 Å². The highest BCUT2D eigenvalue weighted by Crippen LogP contribution is 2.28. The van der Waals surface area contributed by atoms with Gasteiger partial charge in [-0.15, -0.1) is 0 Å². The number of aromatic amines is 1. The van der Waals surface area contributed by atoms with Crippen LogP contribution in [0.3, 0.4) is 0 Å². The maximum atomic E-state index is 3.98. The standard InChI is InChI=1S/C11H19N3/c1-9-2-4-10(5-3-9)6-13-11-7-12-8-14-11/h7-10,13H,2-6H2,1H3,(H,12,14). The number of nitrogens with one attached hydrogen (secondary N) is 2. The van der Waals surface area contributed by atoms with Crippen LogP contribution < -0.4 is 5.32 Å². The van der Waals surface area contributed by atoms with Crippen molar-refractivity contribution in [3.63, 3.8) is 0 Å². The van der Waals surface area contributed by atoms with Gasteiger partial charge in [-0.05, 0) is 24.7 Å². The van der Waals surface area contributed by atoms with Gasteiger partial charge >= 0.3 is 0 Å². The zero-order valence-corrected chi connectivity index (χ0v) is 8.79. The SMILES string of the molecule is CC1CCC(CNc2cnc[nH]2)CC1. The molecule has 0 radical (unpaired) electrons. The van der Waals surface area contributed by atoms with Crippen molar-refractivity contribution in [1.82, 2.24) is 9.97 Å². The molecule has 0 aromatic carbocycles. The van der Waals surface area contributed by atoms with E-state index in [-0.39, 0.29) is 0 Å². The van der Waals surface area contributed by atoms with Crippen molar-refractivity contribution in [1.29, 1.82) is 0 Å². The van der Waals surface area contributed by atoms with E-state index in [9.17, 15) is 0 Å². The highest BCUT2D eigenvalue weighted by molar-refractivity contribution is 5.30. The van der Waals surface area contributed by atoms with E-state index in [2.05, 4.69) is 22.2 Å². The Morgan fingerprint density at radius 3 is 2.86 bits per heavy atom. The zero-order chi connectivity index (χ0) is 9.80. The van der Waals surface area contributed by atoms with Crippen molar-refractivity contribution < 1.29 is 0 Å². The van der Waals surface area contributed by atoms with Gasteiger partial charge in [0.2, 0.25) is 0 Å². The molecule has 2 N–H and O–H groups in total. The van der Waals surface area contributed by atoms with E-state index in [0.717, 1.165) is 24.2 Å². The molecule has 2 rings (SSSR count). The van der Waals surface area contributed by atoms with Crippen molar-refractivity contribution in [2.45, 2.75) is 32.6 Å². The summed E-state index contributed by atoms with van der Waals surface area (Å²) in [7, 11) is 0. The van der Waals surface area contributed by atoms with Crippen LogP contribution in [0.2, 0.25) is 0 Å². The van der Waals surface area contributed by atoms with Gasteiger partial charge in [-0.25, -0.2) is 4.98 Å². The quantitative estimate of drug-likeness (QED) is 0.774. The van der Waals surface area contributed by atoms with Crippen LogP contribution in [0.25, 0.3) is 0 Å². The third-order valence-corrected chi connectivity index (χ3v) is 3.21. The molecule has 3 nitrogen and oxygen atoms in total. The summed E-state index contributed by atoms with van der Waals surface area (Å²) >= 11 is 0. The predicted octanol–water partition coefficient (Wildman–Crippen LogP) is 2.65. The third-order valence-electron chi connectivity index (χ3n) is 3.21. The van der Waals surface area contributed by atoms with Crippen LogP contribution in [0, 0.1) is 11.8 Å². The molecule has 1 aliphatic rings. The molecule has 0 atom stereocenters. The second-order valence-corrected chi connectivity index (χ2v) is 4.47. The van der Waals surface area contributed by atoms with Gasteiger partial charge in [0.1, 0.15) is 5.82 Å². The lowest BCUT2D eigenvalue weighted by Gasteiger charge is -2.26. The second kappa shape index (κ2) is 4.49. The fraction of sp³-hybridized carbons (Fsp3) is 0.727. The van der Waals surface area contributed by atoms with Crippen LogP contribution >= 0.6 is 0 Å². The molecular weight excluding hydrogens is 174 g/mol. The van der Waals surface area contributed by atoms with Crippen LogP contribution in [0.5, 0.6) is 0 Å². The number of imidazole rings is 1. The molecule has 3 heteroatoms. The molecule has 1 aliphatic carbocycles. The number of anilines is 1. The smallest absolute Gasteiger partial charge is 0.123 e. The van der Waals surface area contributed by atoms with E-state index in [0.29, 0.717) is 0 Å². The molecule has 0 aliphatic heterocycles. The van der Waals surface area contributed by atoms with Crippen molar-refractivity contribution in [2.24, 2.45) is 11.8 Å². The summed E-state index contributed by atoms with van der Waals surface area (Å²) in [6.45, 7) is 3.45. The molecule has 1 saturated carbocycles. The van der Waals surface area contributed by atoms with E-state index in [1.165, 1.54) is 25.7 Å². The molecule has 1 heterocycles. The van der Waals surface area contributed by atoms with E-state index < -0.39 is 0 Å². The number of H-pyrrole nitrogens is 1. The Kier molecular flexibility index (Phi) is 3.07. The normalized spacial score (nSPS) is 27.5. The van der Waals surface area contributed by atoms with Gasteiger partial charge in [0.25, 0.3) is 0 Å². The summed E-state index contributed by atoms with van der Waals surface area (Å²) < 4.78 is 0. The minimum Gasteiger partial charge on any atom is -0.370 e. The molecule has 0 bridgehead atoms. The Hall–Kier alpha value is -0.990. The number of rotatable bonds is 3. The Bertz CT molecular complexity index is 248. The Balaban J connectivity index is 1.71. The summed E-state index contributed by atoms with van der Waals surface area (Å²) in [6, 6.07) is 0. The predicted molar refractivity (Wildman–Crippen MR) is 58.2 cm³/mol. The lowest BCUT2D eigenvalue weighted by atomic mass is 9.83. The number of hydrogen-bond donors (Lipinski definition) is 2. The molecule has 14 heavy (non-hydrogen) atoms. The first-order valence-electron chi connectivity index (χ1n) is 5.57. The van der Waals surface area contributed by atoms with Crippen LogP contribution in [-0.4, -0.2) is 16.5 Å². The molecule has 0 spiro atoms. The van der Waals surface area contributed by atoms with Crippen molar-refractivity contribution in [3.8, 4) is 0 Å². The van der Waals surface area contributed by atoms with Crippen molar-refractivity contribution >= 4 is 5.82 Å². The monoisotopic (exact) mass is 193 g/mol. The lowest BCUT2D eigenvalue weighted by molar-refractivity contribution is 0.300. The lowest BCUT2D eigenvalue weighted by Crippen LogP contribution is -2.20. The maximum absolute atomic E-state index is 3.98. The fourth-order valence-corrected chi connectivity index (χ4v) is 2.14. The van der Waals surface area contributed by atoms with Gasteiger partial charge in [0.15, 0.2) is 0 Å². The molecule has 1 aromatic rings. The van der Waals surface area contributed by atoms with Gasteiger partial charge in [-0.3, -0.25) is 0 Å². The highest BCUT2D eigenvalue weighted by atomic mass is 15.0. The van der Waals surface area contributed by atoms with Gasteiger partial charge in [-0.1, -0.05) is 19.8 Å². The largest absolute Gasteiger partial charge is 0.370 e. The summed E-state index contributed by atoms with van der Waals surface area (Å²) in [5, 5.41) is 3.39. The minimum atomic E-state index is 0.856. The first-order valence-corrected chi connectivity index (χ1v) is 5.57. The van der Waals surface area contributed by atoms with Crippen molar-refractivity contribution in [2.75, 3.05) is 11.9 Å². The van der Waals surface area contributed by atoms with E-state index in [4.69, 9.17) is 0 Å². The van der Waals surface area contributed by atoms with Crippen LogP contribution in [0.4, 0.5) is 5.82 Å². The van der Waals surface area contributed by atoms with Gasteiger partial charge in [0, 0.05) is 6.54 Å². The minimum absolute atomic E-state index is 0.856. The Labute approximate surface area is 85.3 Å². The third kappa shape index (κ3) is 2.50. The van der Waals surface area contributed by atoms with E-state index in [1.807, 2.05) is 6.20 Å². The van der Waals surface area contributed by atoms with Crippen molar-refractivity contribution in [3.05, 3.63) is 12.5 Å². The zero-order valence-electron chi connectivity index (χ0n) is 8.79. The van der Waals surface area contributed by atoms with Crippen LogP contribution in [-0.2, 0) is 0 Å². The summed E-state index contributed by atoms with van der Waals surface area (Å²) in [6.07, 6.45) is 9.10. The number of aromatic nitrogens is 2. The van der Waals surface area contributed by atoms with Gasteiger partial charge in [-0.2, -0.15) is 0 Å². The molecule has 0 unspecified atom stereocenters. The average Bonchev–Trinajstić information content (AvgIpc) is 2.70.